The summed E-state index contributed by atoms with van der Waals surface area (Å²) in [5.41, 5.74) is 2.61. The van der Waals surface area contributed by atoms with Crippen LogP contribution in [-0.4, -0.2) is 23.3 Å². The Kier molecular flexibility index (Phi) is 5.86. The fourth-order valence-corrected chi connectivity index (χ4v) is 3.45. The first-order valence-corrected chi connectivity index (χ1v) is 10.1. The molecule has 0 fully saturated rings. The van der Waals surface area contributed by atoms with E-state index in [1.165, 1.54) is 0 Å². The topological polar surface area (TPSA) is 68.3 Å². The number of amides is 1. The predicted octanol–water partition coefficient (Wildman–Crippen LogP) is 5.25. The summed E-state index contributed by atoms with van der Waals surface area (Å²) in [5.74, 6) is 0.126. The van der Waals surface area contributed by atoms with Crippen molar-refractivity contribution in [2.75, 3.05) is 11.9 Å². The van der Waals surface area contributed by atoms with Gasteiger partial charge in [0.1, 0.15) is 5.75 Å². The Morgan fingerprint density at radius 3 is 2.47 bits per heavy atom. The highest BCUT2D eigenvalue weighted by Gasteiger charge is 2.12. The summed E-state index contributed by atoms with van der Waals surface area (Å²) < 4.78 is 6.28. The Labute approximate surface area is 181 Å². The van der Waals surface area contributed by atoms with Gasteiger partial charge in [0.25, 0.3) is 5.91 Å². The molecule has 6 heteroatoms. The molecule has 1 N–H and O–H groups in total. The van der Waals surface area contributed by atoms with E-state index in [0.29, 0.717) is 22.6 Å². The zero-order valence-corrected chi connectivity index (χ0v) is 17.4. The molecule has 0 bridgehead atoms. The number of nitrogens with zero attached hydrogens (tertiary/aromatic N) is 1. The van der Waals surface area contributed by atoms with Crippen molar-refractivity contribution in [2.45, 2.75) is 0 Å². The largest absolute Gasteiger partial charge is 0.484 e. The lowest BCUT2D eigenvalue weighted by molar-refractivity contribution is -0.118. The van der Waals surface area contributed by atoms with E-state index in [1.807, 2.05) is 48.5 Å². The molecule has 4 rings (SSSR count). The third kappa shape index (κ3) is 4.55. The summed E-state index contributed by atoms with van der Waals surface area (Å²) >= 11 is 3.40. The van der Waals surface area contributed by atoms with E-state index in [-0.39, 0.29) is 18.3 Å². The number of nitrogens with one attached hydrogen (secondary N) is 1. The highest BCUT2D eigenvalue weighted by Crippen LogP contribution is 2.21. The molecule has 3 aromatic carbocycles. The second-order valence-corrected chi connectivity index (χ2v) is 7.44. The second kappa shape index (κ2) is 8.88. The van der Waals surface area contributed by atoms with E-state index in [1.54, 1.807) is 36.5 Å². The van der Waals surface area contributed by atoms with Crippen molar-refractivity contribution in [3.63, 3.8) is 0 Å². The quantitative estimate of drug-likeness (QED) is 0.399. The van der Waals surface area contributed by atoms with Gasteiger partial charge in [-0.1, -0.05) is 46.3 Å². The van der Waals surface area contributed by atoms with Gasteiger partial charge in [-0.15, -0.1) is 0 Å². The van der Waals surface area contributed by atoms with Gasteiger partial charge in [0.15, 0.2) is 12.4 Å². The summed E-state index contributed by atoms with van der Waals surface area (Å²) in [7, 11) is 0. The van der Waals surface area contributed by atoms with Gasteiger partial charge >= 0.3 is 0 Å². The number of benzene rings is 3. The van der Waals surface area contributed by atoms with Crippen LogP contribution in [0.2, 0.25) is 0 Å². The van der Waals surface area contributed by atoms with E-state index < -0.39 is 0 Å². The monoisotopic (exact) mass is 460 g/mol. The number of halogens is 1. The first-order chi connectivity index (χ1) is 14.6. The minimum atomic E-state index is -0.291. The van der Waals surface area contributed by atoms with Crippen molar-refractivity contribution in [2.24, 2.45) is 0 Å². The van der Waals surface area contributed by atoms with Crippen LogP contribution in [0.4, 0.5) is 5.69 Å². The lowest BCUT2D eigenvalue weighted by Gasteiger charge is -2.09. The first-order valence-electron chi connectivity index (χ1n) is 9.27. The van der Waals surface area contributed by atoms with Crippen LogP contribution in [0.1, 0.15) is 15.9 Å². The van der Waals surface area contributed by atoms with Gasteiger partial charge in [-0.25, -0.2) is 0 Å². The molecular weight excluding hydrogens is 444 g/mol. The van der Waals surface area contributed by atoms with Gasteiger partial charge in [-0.05, 0) is 48.5 Å². The van der Waals surface area contributed by atoms with Crippen LogP contribution in [0, 0.1) is 0 Å². The first kappa shape index (κ1) is 19.8. The van der Waals surface area contributed by atoms with Crippen LogP contribution in [0.3, 0.4) is 0 Å². The van der Waals surface area contributed by atoms with Crippen molar-refractivity contribution in [3.05, 3.63) is 101 Å². The molecule has 4 aromatic rings. The number of ether oxygens (including phenoxy) is 1. The molecular formula is C24H17BrN2O3. The molecule has 0 unspecified atom stereocenters. The minimum Gasteiger partial charge on any atom is -0.484 e. The van der Waals surface area contributed by atoms with Crippen LogP contribution in [0.5, 0.6) is 5.75 Å². The van der Waals surface area contributed by atoms with Gasteiger partial charge in [0.05, 0.1) is 17.4 Å². The normalized spacial score (nSPS) is 10.6. The van der Waals surface area contributed by atoms with Gasteiger partial charge in [0.2, 0.25) is 0 Å². The maximum Gasteiger partial charge on any atom is 0.262 e. The maximum atomic E-state index is 12.6. The van der Waals surface area contributed by atoms with Gasteiger partial charge in [-0.3, -0.25) is 14.6 Å². The standard InChI is InChI=1S/C24H17BrN2O3/c25-21-7-3-2-6-20(21)24(29)16-9-11-19(12-10-16)30-15-23(28)27-18-13-17-5-1-4-8-22(17)26-14-18/h1-14H,15H2,(H,27,28). The van der Waals surface area contributed by atoms with Gasteiger partial charge in [-0.2, -0.15) is 0 Å². The van der Waals surface area contributed by atoms with Crippen molar-refractivity contribution in [1.82, 2.24) is 4.98 Å². The third-order valence-corrected chi connectivity index (χ3v) is 5.17. The molecule has 0 radical (unpaired) electrons. The summed E-state index contributed by atoms with van der Waals surface area (Å²) in [5, 5.41) is 3.72. The number of hydrogen-bond acceptors (Lipinski definition) is 4. The number of rotatable bonds is 6. The molecule has 1 heterocycles. The summed E-state index contributed by atoms with van der Waals surface area (Å²) in [6, 6.07) is 23.5. The number of fused-ring (bicyclic) bond motifs is 1. The van der Waals surface area contributed by atoms with E-state index in [2.05, 4.69) is 26.2 Å². The molecule has 0 saturated carbocycles. The van der Waals surface area contributed by atoms with Crippen molar-refractivity contribution >= 4 is 44.2 Å². The van der Waals surface area contributed by atoms with Gasteiger partial charge < -0.3 is 10.1 Å². The second-order valence-electron chi connectivity index (χ2n) is 6.59. The molecule has 1 aromatic heterocycles. The Balaban J connectivity index is 1.36. The zero-order valence-electron chi connectivity index (χ0n) is 15.8. The molecule has 1 amide bonds. The van der Waals surface area contributed by atoms with Crippen molar-refractivity contribution in [1.29, 1.82) is 0 Å². The fraction of sp³-hybridized carbons (Fsp3) is 0.0417. The Hall–Kier alpha value is -3.51. The van der Waals surface area contributed by atoms with Gasteiger partial charge in [0, 0.05) is 21.0 Å². The van der Waals surface area contributed by atoms with Crippen LogP contribution in [0.15, 0.2) is 89.5 Å². The molecule has 0 aliphatic heterocycles. The van der Waals surface area contributed by atoms with Crippen LogP contribution in [0.25, 0.3) is 10.9 Å². The minimum absolute atomic E-state index is 0.0874. The molecule has 0 aliphatic carbocycles. The predicted molar refractivity (Wildman–Crippen MR) is 120 cm³/mol. The van der Waals surface area contributed by atoms with E-state index in [9.17, 15) is 9.59 Å². The number of hydrogen-bond donors (Lipinski definition) is 1. The molecule has 0 atom stereocenters. The molecule has 5 nitrogen and oxygen atoms in total. The average molecular weight is 461 g/mol. The lowest BCUT2D eigenvalue weighted by Crippen LogP contribution is -2.20. The van der Waals surface area contributed by atoms with Crippen LogP contribution in [-0.2, 0) is 4.79 Å². The van der Waals surface area contributed by atoms with E-state index in [4.69, 9.17) is 4.74 Å². The molecule has 30 heavy (non-hydrogen) atoms. The maximum absolute atomic E-state index is 12.6. The Morgan fingerprint density at radius 1 is 0.933 bits per heavy atom. The van der Waals surface area contributed by atoms with Crippen molar-refractivity contribution in [3.8, 4) is 5.75 Å². The number of anilines is 1. The molecule has 148 valence electrons. The highest BCUT2D eigenvalue weighted by atomic mass is 79.9. The number of aromatic nitrogens is 1. The SMILES string of the molecule is O=C(COc1ccc(C(=O)c2ccccc2Br)cc1)Nc1cnc2ccccc2c1. The zero-order chi connectivity index (χ0) is 20.9. The summed E-state index contributed by atoms with van der Waals surface area (Å²) in [6.07, 6.45) is 1.61. The fourth-order valence-electron chi connectivity index (χ4n) is 2.99. The van der Waals surface area contributed by atoms with Crippen LogP contribution < -0.4 is 10.1 Å². The van der Waals surface area contributed by atoms with Crippen LogP contribution >= 0.6 is 15.9 Å². The third-order valence-electron chi connectivity index (χ3n) is 4.48. The average Bonchev–Trinajstić information content (AvgIpc) is 2.78. The van der Waals surface area contributed by atoms with E-state index in [0.717, 1.165) is 15.4 Å². The summed E-state index contributed by atoms with van der Waals surface area (Å²) in [6.45, 7) is -0.148. The number of ketones is 1. The number of carbonyl (C=O) groups excluding carboxylic acids is 2. The van der Waals surface area contributed by atoms with E-state index >= 15 is 0 Å². The summed E-state index contributed by atoms with van der Waals surface area (Å²) in [4.78, 5) is 29.1. The Bertz CT molecular complexity index is 1220. The highest BCUT2D eigenvalue weighted by molar-refractivity contribution is 9.10. The van der Waals surface area contributed by atoms with Crippen molar-refractivity contribution < 1.29 is 14.3 Å². The molecule has 0 spiro atoms. The lowest BCUT2D eigenvalue weighted by atomic mass is 10.0. The molecule has 0 saturated heterocycles. The smallest absolute Gasteiger partial charge is 0.262 e. The molecule has 0 aliphatic rings. The number of para-hydroxylation sites is 1. The number of carbonyl (C=O) groups is 2. The number of pyridine rings is 1. The Morgan fingerprint density at radius 2 is 1.67 bits per heavy atom.